The van der Waals surface area contributed by atoms with Gasteiger partial charge in [0.15, 0.2) is 0 Å². The third-order valence-electron chi connectivity index (χ3n) is 5.22. The molecule has 1 atom stereocenters. The van der Waals surface area contributed by atoms with Gasteiger partial charge in [0.05, 0.1) is 12.2 Å². The van der Waals surface area contributed by atoms with Crippen molar-refractivity contribution in [2.75, 3.05) is 6.61 Å². The van der Waals surface area contributed by atoms with Crippen molar-refractivity contribution in [2.45, 2.75) is 68.1 Å². The van der Waals surface area contributed by atoms with E-state index >= 15 is 0 Å². The van der Waals surface area contributed by atoms with E-state index in [2.05, 4.69) is 0 Å². The zero-order chi connectivity index (χ0) is 25.2. The Morgan fingerprint density at radius 1 is 0.750 bits per heavy atom. The van der Waals surface area contributed by atoms with Crippen molar-refractivity contribution < 1.29 is 58.1 Å². The summed E-state index contributed by atoms with van der Waals surface area (Å²) in [5.41, 5.74) is -10.1. The Balaban J connectivity index is 2.52. The van der Waals surface area contributed by atoms with Crippen molar-refractivity contribution in [3.8, 4) is 5.75 Å². The van der Waals surface area contributed by atoms with Gasteiger partial charge in [-0.2, -0.15) is 43.9 Å². The molecule has 1 aromatic rings. The van der Waals surface area contributed by atoms with Crippen LogP contribution in [0.1, 0.15) is 32.8 Å². The first-order valence-electron chi connectivity index (χ1n) is 9.14. The summed E-state index contributed by atoms with van der Waals surface area (Å²) in [6.07, 6.45) is -2.76. The van der Waals surface area contributed by atoms with Crippen molar-refractivity contribution >= 4 is 0 Å². The Morgan fingerprint density at radius 3 is 1.50 bits per heavy atom. The number of hydrogen-bond acceptors (Lipinski definition) is 2. The van der Waals surface area contributed by atoms with E-state index in [0.29, 0.717) is 6.92 Å². The summed E-state index contributed by atoms with van der Waals surface area (Å²) in [5, 5.41) is 10.3. The number of hydrogen-bond donors (Lipinski definition) is 1. The second-order valence-corrected chi connectivity index (χ2v) is 8.35. The lowest BCUT2D eigenvalue weighted by Crippen LogP contribution is -2.84. The van der Waals surface area contributed by atoms with Gasteiger partial charge in [-0.15, -0.1) is 0 Å². The largest absolute Gasteiger partial charge is 0.493 e. The standard InChI is InChI=1S/C19H19F11O2/c1-10(2)8-32-12-6-4-11(5-7-12)13(3,31)9-14(20)15(21,22)17(25,26)19(29,30)18(27,28)16(14,23)24/h4-7,10,31H,8-9H2,1-3H3. The average molecular weight is 488 g/mol. The Labute approximate surface area is 175 Å². The van der Waals surface area contributed by atoms with E-state index in [1.54, 1.807) is 13.8 Å². The molecule has 1 aromatic carbocycles. The van der Waals surface area contributed by atoms with Crippen LogP contribution in [0.5, 0.6) is 5.75 Å². The summed E-state index contributed by atoms with van der Waals surface area (Å²) in [4.78, 5) is 0. The molecule has 2 rings (SSSR count). The van der Waals surface area contributed by atoms with Crippen molar-refractivity contribution in [2.24, 2.45) is 5.92 Å². The van der Waals surface area contributed by atoms with Crippen LogP contribution in [0, 0.1) is 5.92 Å². The lowest BCUT2D eigenvalue weighted by atomic mass is 9.67. The van der Waals surface area contributed by atoms with Crippen LogP contribution in [0.25, 0.3) is 0 Å². The van der Waals surface area contributed by atoms with Crippen LogP contribution in [-0.4, -0.2) is 47.0 Å². The smallest absolute Gasteiger partial charge is 0.384 e. The van der Waals surface area contributed by atoms with E-state index < -0.39 is 52.9 Å². The highest BCUT2D eigenvalue weighted by atomic mass is 19.4. The number of ether oxygens (including phenoxy) is 1. The quantitative estimate of drug-likeness (QED) is 0.482. The lowest BCUT2D eigenvalue weighted by Gasteiger charge is -2.53. The number of halogens is 11. The van der Waals surface area contributed by atoms with Gasteiger partial charge in [-0.3, -0.25) is 0 Å². The van der Waals surface area contributed by atoms with Crippen LogP contribution in [0.3, 0.4) is 0 Å². The molecular formula is C19H19F11O2. The van der Waals surface area contributed by atoms with Crippen molar-refractivity contribution in [1.82, 2.24) is 0 Å². The van der Waals surface area contributed by atoms with Crippen LogP contribution < -0.4 is 4.74 Å². The highest BCUT2D eigenvalue weighted by molar-refractivity contribution is 5.33. The fraction of sp³-hybridized carbons (Fsp3) is 0.684. The molecule has 0 aromatic heterocycles. The van der Waals surface area contributed by atoms with Gasteiger partial charge in [0, 0.05) is 6.42 Å². The van der Waals surface area contributed by atoms with Gasteiger partial charge in [0.25, 0.3) is 5.67 Å². The van der Waals surface area contributed by atoms with Gasteiger partial charge in [-0.1, -0.05) is 26.0 Å². The minimum Gasteiger partial charge on any atom is -0.493 e. The fourth-order valence-corrected chi connectivity index (χ4v) is 3.26. The molecule has 32 heavy (non-hydrogen) atoms. The molecule has 2 nitrogen and oxygen atoms in total. The first-order chi connectivity index (χ1) is 14.1. The summed E-state index contributed by atoms with van der Waals surface area (Å²) in [5.74, 6) is -35.5. The molecule has 184 valence electrons. The summed E-state index contributed by atoms with van der Waals surface area (Å²) in [6, 6.07) is 3.91. The normalized spacial score (nSPS) is 26.4. The van der Waals surface area contributed by atoms with Gasteiger partial charge >= 0.3 is 29.6 Å². The molecule has 1 saturated carbocycles. The number of alkyl halides is 11. The molecule has 1 aliphatic rings. The Kier molecular flexibility index (Phi) is 6.08. The van der Waals surface area contributed by atoms with E-state index in [4.69, 9.17) is 4.74 Å². The molecule has 0 radical (unpaired) electrons. The second kappa shape index (κ2) is 7.36. The van der Waals surface area contributed by atoms with Crippen LogP contribution in [0.2, 0.25) is 0 Å². The molecule has 0 heterocycles. The summed E-state index contributed by atoms with van der Waals surface area (Å²) < 4.78 is 158. The Morgan fingerprint density at radius 2 is 1.12 bits per heavy atom. The molecule has 13 heteroatoms. The molecule has 1 unspecified atom stereocenters. The minimum atomic E-state index is -7.29. The maximum Gasteiger partial charge on any atom is 0.384 e. The van der Waals surface area contributed by atoms with Crippen molar-refractivity contribution in [3.63, 3.8) is 0 Å². The minimum absolute atomic E-state index is 0.0707. The predicted molar refractivity (Wildman–Crippen MR) is 89.5 cm³/mol. The van der Waals surface area contributed by atoms with Gasteiger partial charge in [-0.05, 0) is 30.5 Å². The fourth-order valence-electron chi connectivity index (χ4n) is 3.26. The predicted octanol–water partition coefficient (Wildman–Crippen LogP) is 6.22. The SMILES string of the molecule is CC(C)COc1ccc(C(C)(O)CC2(F)C(F)(F)C(F)(F)C(F)(F)C(F)(F)C2(F)F)cc1. The number of rotatable bonds is 6. The third-order valence-corrected chi connectivity index (χ3v) is 5.22. The monoisotopic (exact) mass is 488 g/mol. The van der Waals surface area contributed by atoms with Crippen LogP contribution >= 0.6 is 0 Å². The van der Waals surface area contributed by atoms with Crippen LogP contribution in [-0.2, 0) is 5.60 Å². The molecule has 1 N–H and O–H groups in total. The summed E-state index contributed by atoms with van der Waals surface area (Å²) >= 11 is 0. The van der Waals surface area contributed by atoms with Gasteiger partial charge in [0.2, 0.25) is 0 Å². The topological polar surface area (TPSA) is 29.5 Å². The maximum absolute atomic E-state index is 15.0. The van der Waals surface area contributed by atoms with Gasteiger partial charge in [-0.25, -0.2) is 4.39 Å². The van der Waals surface area contributed by atoms with Crippen molar-refractivity contribution in [3.05, 3.63) is 29.8 Å². The Hall–Kier alpha value is -1.79. The lowest BCUT2D eigenvalue weighted by molar-refractivity contribution is -0.488. The van der Waals surface area contributed by atoms with Crippen LogP contribution in [0.4, 0.5) is 48.3 Å². The zero-order valence-corrected chi connectivity index (χ0v) is 16.8. The molecular weight excluding hydrogens is 469 g/mol. The van der Waals surface area contributed by atoms with E-state index in [1.807, 2.05) is 0 Å². The molecule has 0 spiro atoms. The molecule has 0 saturated heterocycles. The molecule has 0 amide bonds. The summed E-state index contributed by atoms with van der Waals surface area (Å²) in [6.45, 7) is 4.20. The molecule has 1 fully saturated rings. The Bertz CT molecular complexity index is 802. The maximum atomic E-state index is 15.0. The van der Waals surface area contributed by atoms with E-state index in [9.17, 15) is 53.4 Å². The highest BCUT2D eigenvalue weighted by Crippen LogP contribution is 2.71. The van der Waals surface area contributed by atoms with E-state index in [1.165, 1.54) is 0 Å². The van der Waals surface area contributed by atoms with Gasteiger partial charge in [0.1, 0.15) is 5.75 Å². The zero-order valence-electron chi connectivity index (χ0n) is 16.8. The van der Waals surface area contributed by atoms with Gasteiger partial charge < -0.3 is 9.84 Å². The highest BCUT2D eigenvalue weighted by Gasteiger charge is 3.01. The first-order valence-corrected chi connectivity index (χ1v) is 9.14. The molecule has 0 bridgehead atoms. The molecule has 1 aliphatic carbocycles. The van der Waals surface area contributed by atoms with E-state index in [-0.39, 0.29) is 18.3 Å². The molecule has 0 aliphatic heterocycles. The average Bonchev–Trinajstić information content (AvgIpc) is 2.64. The number of benzene rings is 1. The van der Waals surface area contributed by atoms with Crippen LogP contribution in [0.15, 0.2) is 24.3 Å². The number of aliphatic hydroxyl groups is 1. The van der Waals surface area contributed by atoms with Crippen molar-refractivity contribution in [1.29, 1.82) is 0 Å². The van der Waals surface area contributed by atoms with E-state index in [0.717, 1.165) is 24.3 Å². The second-order valence-electron chi connectivity index (χ2n) is 8.35. The first kappa shape index (κ1) is 26.5. The summed E-state index contributed by atoms with van der Waals surface area (Å²) in [7, 11) is 0. The third kappa shape index (κ3) is 3.33.